The van der Waals surface area contributed by atoms with Crippen LogP contribution in [-0.4, -0.2) is 27.2 Å². The highest BCUT2D eigenvalue weighted by atomic mass is 32.1. The molecule has 0 fully saturated rings. The Bertz CT molecular complexity index is 682. The van der Waals surface area contributed by atoms with Gasteiger partial charge in [0.2, 0.25) is 11.0 Å². The van der Waals surface area contributed by atoms with Crippen LogP contribution in [0.5, 0.6) is 0 Å². The minimum absolute atomic E-state index is 0.00922. The molecule has 0 saturated heterocycles. The van der Waals surface area contributed by atoms with Gasteiger partial charge in [0.15, 0.2) is 0 Å². The van der Waals surface area contributed by atoms with Crippen molar-refractivity contribution in [3.63, 3.8) is 0 Å². The van der Waals surface area contributed by atoms with E-state index in [0.717, 1.165) is 11.3 Å². The van der Waals surface area contributed by atoms with Crippen molar-refractivity contribution >= 4 is 34.3 Å². The molecule has 1 aromatic carbocycles. The zero-order chi connectivity index (χ0) is 15.2. The first kappa shape index (κ1) is 14.5. The molecule has 108 valence electrons. The van der Waals surface area contributed by atoms with Gasteiger partial charge in [-0.25, -0.2) is 5.43 Å². The van der Waals surface area contributed by atoms with Crippen LogP contribution in [0.25, 0.3) is 0 Å². The number of benzene rings is 1. The molecule has 21 heavy (non-hydrogen) atoms. The Labute approximate surface area is 122 Å². The summed E-state index contributed by atoms with van der Waals surface area (Å²) in [5.41, 5.74) is 8.34. The summed E-state index contributed by atoms with van der Waals surface area (Å²) in [6.45, 7) is 0. The number of nitrogens with zero attached hydrogens (tertiary/aromatic N) is 4. The third kappa shape index (κ3) is 4.31. The first-order chi connectivity index (χ1) is 10.0. The second-order valence-electron chi connectivity index (χ2n) is 3.85. The van der Waals surface area contributed by atoms with Crippen LogP contribution in [0.3, 0.4) is 0 Å². The molecule has 0 unspecified atom stereocenters. The molecule has 0 aliphatic rings. The molecule has 9 nitrogen and oxygen atoms in total. The maximum Gasteiger partial charge on any atom is 0.269 e. The number of hydrogen-bond acceptors (Lipinski definition) is 8. The Hall–Kier alpha value is -2.88. The number of nitrogens with two attached hydrogens (primary N) is 1. The Morgan fingerprint density at radius 3 is 2.71 bits per heavy atom. The number of rotatable bonds is 5. The van der Waals surface area contributed by atoms with E-state index in [0.29, 0.717) is 15.7 Å². The van der Waals surface area contributed by atoms with Gasteiger partial charge in [0, 0.05) is 12.1 Å². The number of amides is 1. The fourth-order valence-corrected chi connectivity index (χ4v) is 1.98. The molecular formula is C11H10N6O3S. The lowest BCUT2D eigenvalue weighted by Crippen LogP contribution is -2.19. The van der Waals surface area contributed by atoms with Gasteiger partial charge in [-0.05, 0) is 17.7 Å². The predicted octanol–water partition coefficient (Wildman–Crippen LogP) is 0.721. The summed E-state index contributed by atoms with van der Waals surface area (Å²) in [5, 5.41) is 22.3. The number of hydrogen-bond donors (Lipinski definition) is 2. The van der Waals surface area contributed by atoms with E-state index in [-0.39, 0.29) is 18.0 Å². The molecule has 2 aromatic rings. The summed E-state index contributed by atoms with van der Waals surface area (Å²) in [6.07, 6.45) is 1.42. The van der Waals surface area contributed by atoms with Crippen molar-refractivity contribution in [3.05, 3.63) is 45.0 Å². The SMILES string of the molecule is Nc1nnc(CC(=O)N/N=C\c2ccc([N+](=O)[O-])cc2)s1. The molecule has 10 heteroatoms. The summed E-state index contributed by atoms with van der Waals surface area (Å²) in [4.78, 5) is 21.5. The monoisotopic (exact) mass is 306 g/mol. The molecule has 0 saturated carbocycles. The molecule has 0 aliphatic carbocycles. The second kappa shape index (κ2) is 6.52. The van der Waals surface area contributed by atoms with E-state index in [1.54, 1.807) is 0 Å². The molecule has 0 spiro atoms. The molecule has 2 rings (SSSR count). The van der Waals surface area contributed by atoms with Crippen molar-refractivity contribution in [2.45, 2.75) is 6.42 Å². The Morgan fingerprint density at radius 1 is 1.43 bits per heavy atom. The standard InChI is InChI=1S/C11H10N6O3S/c12-11-16-15-10(21-11)5-9(18)14-13-6-7-1-3-8(4-2-7)17(19)20/h1-4,6H,5H2,(H2,12,16)(H,14,18)/b13-6-. The molecular weight excluding hydrogens is 296 g/mol. The molecule has 0 aliphatic heterocycles. The van der Waals surface area contributed by atoms with Crippen LogP contribution in [0, 0.1) is 10.1 Å². The van der Waals surface area contributed by atoms with Gasteiger partial charge in [-0.1, -0.05) is 11.3 Å². The van der Waals surface area contributed by atoms with Gasteiger partial charge in [-0.3, -0.25) is 14.9 Å². The van der Waals surface area contributed by atoms with Gasteiger partial charge in [-0.15, -0.1) is 10.2 Å². The lowest BCUT2D eigenvalue weighted by atomic mass is 10.2. The molecule has 0 bridgehead atoms. The van der Waals surface area contributed by atoms with Gasteiger partial charge in [0.25, 0.3) is 5.69 Å². The van der Waals surface area contributed by atoms with Crippen molar-refractivity contribution in [3.8, 4) is 0 Å². The van der Waals surface area contributed by atoms with Crippen molar-refractivity contribution in [2.75, 3.05) is 5.73 Å². The highest BCUT2D eigenvalue weighted by molar-refractivity contribution is 7.15. The summed E-state index contributed by atoms with van der Waals surface area (Å²) in [7, 11) is 0. The van der Waals surface area contributed by atoms with Gasteiger partial charge in [-0.2, -0.15) is 5.10 Å². The summed E-state index contributed by atoms with van der Waals surface area (Å²) < 4.78 is 0. The van der Waals surface area contributed by atoms with Crippen LogP contribution in [0.2, 0.25) is 0 Å². The predicted molar refractivity (Wildman–Crippen MR) is 76.9 cm³/mol. The van der Waals surface area contributed by atoms with Crippen molar-refractivity contribution in [2.24, 2.45) is 5.10 Å². The number of hydrazone groups is 1. The van der Waals surface area contributed by atoms with E-state index in [9.17, 15) is 14.9 Å². The normalized spacial score (nSPS) is 10.7. The lowest BCUT2D eigenvalue weighted by molar-refractivity contribution is -0.384. The van der Waals surface area contributed by atoms with Crippen LogP contribution in [0.15, 0.2) is 29.4 Å². The number of non-ortho nitro benzene ring substituents is 1. The van der Waals surface area contributed by atoms with Gasteiger partial charge < -0.3 is 5.73 Å². The number of nitro groups is 1. The fraction of sp³-hybridized carbons (Fsp3) is 0.0909. The number of anilines is 1. The average molecular weight is 306 g/mol. The summed E-state index contributed by atoms with van der Waals surface area (Å²) in [6, 6.07) is 5.76. The van der Waals surface area contributed by atoms with Crippen LogP contribution >= 0.6 is 11.3 Å². The van der Waals surface area contributed by atoms with Crippen LogP contribution in [-0.2, 0) is 11.2 Å². The number of nitrogens with one attached hydrogen (secondary N) is 1. The molecule has 3 N–H and O–H groups in total. The highest BCUT2D eigenvalue weighted by Gasteiger charge is 2.07. The third-order valence-electron chi connectivity index (χ3n) is 2.30. The number of nitro benzene ring substituents is 1. The second-order valence-corrected chi connectivity index (χ2v) is 4.95. The van der Waals surface area contributed by atoms with E-state index >= 15 is 0 Å². The number of carbonyl (C=O) groups is 1. The molecule has 1 heterocycles. The van der Waals surface area contributed by atoms with Crippen molar-refractivity contribution < 1.29 is 9.72 Å². The number of carbonyl (C=O) groups excluding carboxylic acids is 1. The van der Waals surface area contributed by atoms with Gasteiger partial charge >= 0.3 is 0 Å². The van der Waals surface area contributed by atoms with E-state index in [2.05, 4.69) is 20.7 Å². The zero-order valence-corrected chi connectivity index (χ0v) is 11.4. The van der Waals surface area contributed by atoms with Gasteiger partial charge in [0.1, 0.15) is 5.01 Å². The van der Waals surface area contributed by atoms with E-state index in [1.807, 2.05) is 0 Å². The van der Waals surface area contributed by atoms with Crippen LogP contribution < -0.4 is 11.2 Å². The Morgan fingerprint density at radius 2 is 2.14 bits per heavy atom. The summed E-state index contributed by atoms with van der Waals surface area (Å²) in [5.74, 6) is -0.357. The molecule has 1 amide bonds. The minimum Gasteiger partial charge on any atom is -0.374 e. The van der Waals surface area contributed by atoms with Crippen molar-refractivity contribution in [1.29, 1.82) is 0 Å². The highest BCUT2D eigenvalue weighted by Crippen LogP contribution is 2.11. The third-order valence-corrected chi connectivity index (χ3v) is 3.05. The average Bonchev–Trinajstić information content (AvgIpc) is 2.84. The van der Waals surface area contributed by atoms with Gasteiger partial charge in [0.05, 0.1) is 17.6 Å². The lowest BCUT2D eigenvalue weighted by Gasteiger charge is -1.96. The quantitative estimate of drug-likeness (QED) is 0.474. The first-order valence-electron chi connectivity index (χ1n) is 5.69. The van der Waals surface area contributed by atoms with E-state index in [1.165, 1.54) is 30.5 Å². The molecule has 0 atom stereocenters. The first-order valence-corrected chi connectivity index (χ1v) is 6.50. The smallest absolute Gasteiger partial charge is 0.269 e. The largest absolute Gasteiger partial charge is 0.374 e. The zero-order valence-electron chi connectivity index (χ0n) is 10.6. The topological polar surface area (TPSA) is 136 Å². The fourth-order valence-electron chi connectivity index (χ4n) is 1.38. The van der Waals surface area contributed by atoms with Crippen LogP contribution in [0.1, 0.15) is 10.6 Å². The number of aromatic nitrogens is 2. The van der Waals surface area contributed by atoms with E-state index in [4.69, 9.17) is 5.73 Å². The van der Waals surface area contributed by atoms with Crippen molar-refractivity contribution in [1.82, 2.24) is 15.6 Å². The molecule has 0 radical (unpaired) electrons. The molecule has 1 aromatic heterocycles. The minimum atomic E-state index is -0.490. The maximum atomic E-state index is 11.5. The number of nitrogen functional groups attached to an aromatic ring is 1. The van der Waals surface area contributed by atoms with Crippen LogP contribution in [0.4, 0.5) is 10.8 Å². The summed E-state index contributed by atoms with van der Waals surface area (Å²) >= 11 is 1.13. The van der Waals surface area contributed by atoms with E-state index < -0.39 is 4.92 Å². The Balaban J connectivity index is 1.86. The maximum absolute atomic E-state index is 11.5. The Kier molecular flexibility index (Phi) is 4.51.